The Kier molecular flexibility index (Phi) is 6.06. The molecule has 7 heteroatoms. The summed E-state index contributed by atoms with van der Waals surface area (Å²) in [4.78, 5) is 40.4. The zero-order valence-corrected chi connectivity index (χ0v) is 18.8. The predicted octanol–water partition coefficient (Wildman–Crippen LogP) is 2.62. The van der Waals surface area contributed by atoms with Crippen molar-refractivity contribution < 1.29 is 19.1 Å². The minimum absolute atomic E-state index is 0.176. The zero-order valence-electron chi connectivity index (χ0n) is 18.8. The summed E-state index contributed by atoms with van der Waals surface area (Å²) in [6.07, 6.45) is 3.86. The molecule has 3 amide bonds. The van der Waals surface area contributed by atoms with Gasteiger partial charge < -0.3 is 9.64 Å². The number of fused-ring (bicyclic) bond motifs is 1. The lowest BCUT2D eigenvalue weighted by atomic mass is 9.82. The highest BCUT2D eigenvalue weighted by atomic mass is 16.6. The van der Waals surface area contributed by atoms with E-state index in [1.807, 2.05) is 20.8 Å². The Labute approximate surface area is 184 Å². The topological polar surface area (TPSA) is 79.0 Å². The summed E-state index contributed by atoms with van der Waals surface area (Å²) in [6, 6.07) is 6.84. The maximum atomic E-state index is 12.3. The smallest absolute Gasteiger partial charge is 0.410 e. The molecule has 0 bridgehead atoms. The van der Waals surface area contributed by atoms with Crippen LogP contribution < -0.4 is 5.32 Å². The van der Waals surface area contributed by atoms with Crippen molar-refractivity contribution in [2.45, 2.75) is 70.4 Å². The molecule has 4 rings (SSSR count). The van der Waals surface area contributed by atoms with Gasteiger partial charge in [-0.3, -0.25) is 19.8 Å². The largest absolute Gasteiger partial charge is 0.444 e. The summed E-state index contributed by atoms with van der Waals surface area (Å²) >= 11 is 0. The molecule has 3 aliphatic rings. The molecule has 0 aromatic heterocycles. The van der Waals surface area contributed by atoms with Crippen LogP contribution in [0.15, 0.2) is 18.2 Å². The molecular weight excluding hydrogens is 394 g/mol. The third-order valence-electron chi connectivity index (χ3n) is 6.56. The van der Waals surface area contributed by atoms with Crippen LogP contribution in [0.3, 0.4) is 0 Å². The Morgan fingerprint density at radius 1 is 1.03 bits per heavy atom. The van der Waals surface area contributed by atoms with E-state index in [9.17, 15) is 14.4 Å². The normalized spacial score (nSPS) is 25.1. The molecule has 2 heterocycles. The van der Waals surface area contributed by atoms with E-state index in [0.29, 0.717) is 32.0 Å². The Balaban J connectivity index is 1.37. The SMILES string of the molecule is CC(C)(C)OC(=O)N1CCN([C@@H]2CCc3ccc(C4CCC(=O)NC4=O)cc3C2)CC1. The van der Waals surface area contributed by atoms with Gasteiger partial charge in [-0.25, -0.2) is 4.79 Å². The molecule has 2 atom stereocenters. The van der Waals surface area contributed by atoms with E-state index < -0.39 is 5.60 Å². The number of hydrogen-bond acceptors (Lipinski definition) is 5. The molecule has 1 aliphatic carbocycles. The van der Waals surface area contributed by atoms with Crippen LogP contribution in [-0.4, -0.2) is 65.5 Å². The summed E-state index contributed by atoms with van der Waals surface area (Å²) in [5.41, 5.74) is 3.22. The molecule has 1 unspecified atom stereocenters. The van der Waals surface area contributed by atoms with Gasteiger partial charge in [-0.15, -0.1) is 0 Å². The molecule has 168 valence electrons. The van der Waals surface area contributed by atoms with Crippen molar-refractivity contribution >= 4 is 17.9 Å². The zero-order chi connectivity index (χ0) is 22.2. The molecule has 31 heavy (non-hydrogen) atoms. The van der Waals surface area contributed by atoms with Gasteiger partial charge in [-0.2, -0.15) is 0 Å². The fourth-order valence-electron chi connectivity index (χ4n) is 4.89. The molecule has 1 aromatic rings. The number of rotatable bonds is 2. The van der Waals surface area contributed by atoms with Crippen molar-refractivity contribution in [3.63, 3.8) is 0 Å². The number of ether oxygens (including phenoxy) is 1. The average Bonchev–Trinajstić information content (AvgIpc) is 2.72. The van der Waals surface area contributed by atoms with Crippen LogP contribution in [0.4, 0.5) is 4.79 Å². The molecule has 2 aliphatic heterocycles. The van der Waals surface area contributed by atoms with Gasteiger partial charge in [0.15, 0.2) is 0 Å². The Hall–Kier alpha value is -2.41. The molecule has 2 fully saturated rings. The van der Waals surface area contributed by atoms with E-state index in [1.54, 1.807) is 4.90 Å². The quantitative estimate of drug-likeness (QED) is 0.734. The number of aryl methyl sites for hydroxylation is 1. The van der Waals surface area contributed by atoms with Crippen LogP contribution in [-0.2, 0) is 27.2 Å². The van der Waals surface area contributed by atoms with Crippen LogP contribution in [0.1, 0.15) is 62.6 Å². The number of carbonyl (C=O) groups is 3. The average molecular weight is 428 g/mol. The van der Waals surface area contributed by atoms with Gasteiger partial charge in [0.05, 0.1) is 5.92 Å². The number of carbonyl (C=O) groups excluding carboxylic acids is 3. The predicted molar refractivity (Wildman–Crippen MR) is 117 cm³/mol. The summed E-state index contributed by atoms with van der Waals surface area (Å²) < 4.78 is 5.51. The summed E-state index contributed by atoms with van der Waals surface area (Å²) in [5.74, 6) is -0.590. The lowest BCUT2D eigenvalue weighted by Gasteiger charge is -2.41. The number of nitrogens with zero attached hydrogens (tertiary/aromatic N) is 2. The molecule has 0 spiro atoms. The molecular formula is C24H33N3O4. The van der Waals surface area contributed by atoms with E-state index in [0.717, 1.165) is 37.9 Å². The standard InChI is InChI=1S/C24H33N3O4/c1-24(2,3)31-23(30)27-12-10-26(11-13-27)19-7-6-16-4-5-17(14-18(16)15-19)20-8-9-21(28)25-22(20)29/h4-5,14,19-20H,6-13,15H2,1-3H3,(H,25,28,29)/t19-,20?/m1/s1. The van der Waals surface area contributed by atoms with Crippen molar-refractivity contribution in [2.75, 3.05) is 26.2 Å². The lowest BCUT2D eigenvalue weighted by molar-refractivity contribution is -0.134. The van der Waals surface area contributed by atoms with E-state index in [-0.39, 0.29) is 23.8 Å². The van der Waals surface area contributed by atoms with Crippen LogP contribution >= 0.6 is 0 Å². The first-order valence-electron chi connectivity index (χ1n) is 11.4. The van der Waals surface area contributed by atoms with E-state index in [1.165, 1.54) is 11.1 Å². The highest BCUT2D eigenvalue weighted by molar-refractivity contribution is 6.00. The van der Waals surface area contributed by atoms with Gasteiger partial charge >= 0.3 is 6.09 Å². The lowest BCUT2D eigenvalue weighted by Crippen LogP contribution is -2.53. The number of hydrogen-bond donors (Lipinski definition) is 1. The minimum Gasteiger partial charge on any atom is -0.444 e. The van der Waals surface area contributed by atoms with Gasteiger partial charge in [0.1, 0.15) is 5.60 Å². The second kappa shape index (κ2) is 8.61. The maximum Gasteiger partial charge on any atom is 0.410 e. The van der Waals surface area contributed by atoms with Gasteiger partial charge in [-0.05, 0) is 63.1 Å². The van der Waals surface area contributed by atoms with Crippen LogP contribution in [0, 0.1) is 0 Å². The van der Waals surface area contributed by atoms with Crippen LogP contribution in [0.25, 0.3) is 0 Å². The van der Waals surface area contributed by atoms with Gasteiger partial charge in [-0.1, -0.05) is 18.2 Å². The molecule has 1 N–H and O–H groups in total. The number of nitrogens with one attached hydrogen (secondary N) is 1. The van der Waals surface area contributed by atoms with Gasteiger partial charge in [0, 0.05) is 38.6 Å². The number of piperidine rings is 1. The van der Waals surface area contributed by atoms with Gasteiger partial charge in [0.25, 0.3) is 0 Å². The second-order valence-corrected chi connectivity index (χ2v) is 9.93. The van der Waals surface area contributed by atoms with Crippen molar-refractivity contribution in [3.8, 4) is 0 Å². The highest BCUT2D eigenvalue weighted by Gasteiger charge is 2.32. The fourth-order valence-corrected chi connectivity index (χ4v) is 4.89. The van der Waals surface area contributed by atoms with Crippen molar-refractivity contribution in [3.05, 3.63) is 34.9 Å². The maximum absolute atomic E-state index is 12.3. The monoisotopic (exact) mass is 427 g/mol. The summed E-state index contributed by atoms with van der Waals surface area (Å²) in [5, 5.41) is 2.47. The number of imide groups is 1. The molecule has 0 radical (unpaired) electrons. The van der Waals surface area contributed by atoms with Crippen molar-refractivity contribution in [1.82, 2.24) is 15.1 Å². The summed E-state index contributed by atoms with van der Waals surface area (Å²) in [7, 11) is 0. The minimum atomic E-state index is -0.471. The van der Waals surface area contributed by atoms with Crippen LogP contribution in [0.2, 0.25) is 0 Å². The number of piperazine rings is 1. The molecule has 7 nitrogen and oxygen atoms in total. The first-order valence-corrected chi connectivity index (χ1v) is 11.4. The molecule has 1 aromatic carbocycles. The van der Waals surface area contributed by atoms with Crippen molar-refractivity contribution in [1.29, 1.82) is 0 Å². The Morgan fingerprint density at radius 3 is 2.45 bits per heavy atom. The number of amides is 3. The van der Waals surface area contributed by atoms with E-state index >= 15 is 0 Å². The fraction of sp³-hybridized carbons (Fsp3) is 0.625. The highest BCUT2D eigenvalue weighted by Crippen LogP contribution is 2.31. The summed E-state index contributed by atoms with van der Waals surface area (Å²) in [6.45, 7) is 8.76. The van der Waals surface area contributed by atoms with E-state index in [4.69, 9.17) is 4.74 Å². The van der Waals surface area contributed by atoms with Gasteiger partial charge in [0.2, 0.25) is 11.8 Å². The van der Waals surface area contributed by atoms with Crippen molar-refractivity contribution in [2.24, 2.45) is 0 Å². The second-order valence-electron chi connectivity index (χ2n) is 9.93. The van der Waals surface area contributed by atoms with E-state index in [2.05, 4.69) is 28.4 Å². The van der Waals surface area contributed by atoms with Crippen LogP contribution in [0.5, 0.6) is 0 Å². The third-order valence-corrected chi connectivity index (χ3v) is 6.56. The molecule has 0 saturated carbocycles. The third kappa shape index (κ3) is 5.09. The first kappa shape index (κ1) is 21.8. The Morgan fingerprint density at radius 2 is 1.77 bits per heavy atom. The first-order chi connectivity index (χ1) is 14.7. The Bertz CT molecular complexity index is 868. The number of benzene rings is 1. The molecule has 2 saturated heterocycles.